The van der Waals surface area contributed by atoms with Crippen molar-refractivity contribution >= 4 is 51.5 Å². The molecule has 186 valence electrons. The van der Waals surface area contributed by atoms with Crippen LogP contribution in [0, 0.1) is 6.92 Å². The summed E-state index contributed by atoms with van der Waals surface area (Å²) < 4.78 is 7.31. The van der Waals surface area contributed by atoms with Gasteiger partial charge in [0, 0.05) is 36.3 Å². The number of esters is 1. The van der Waals surface area contributed by atoms with Gasteiger partial charge >= 0.3 is 5.97 Å². The predicted molar refractivity (Wildman–Crippen MR) is 150 cm³/mol. The van der Waals surface area contributed by atoms with Gasteiger partial charge in [0.1, 0.15) is 0 Å². The number of amidine groups is 1. The molecule has 4 aromatic rings. The van der Waals surface area contributed by atoms with Crippen LogP contribution in [0.5, 0.6) is 0 Å². The Bertz CT molecular complexity index is 1570. The molecule has 7 heteroatoms. The maximum atomic E-state index is 13.1. The first-order chi connectivity index (χ1) is 17.9. The number of ether oxygens (including phenoxy) is 1. The number of nitrogens with zero attached hydrogens (tertiary/aromatic N) is 3. The smallest absolute Gasteiger partial charge is 0.338 e. The maximum Gasteiger partial charge on any atom is 0.338 e. The summed E-state index contributed by atoms with van der Waals surface area (Å²) in [4.78, 5) is 32.0. The molecule has 1 saturated heterocycles. The number of carbonyl (C=O) groups excluding carboxylic acids is 2. The van der Waals surface area contributed by atoms with Gasteiger partial charge in [-0.1, -0.05) is 54.1 Å². The highest BCUT2D eigenvalue weighted by Gasteiger charge is 2.30. The van der Waals surface area contributed by atoms with Crippen molar-refractivity contribution in [1.82, 2.24) is 9.47 Å². The molecule has 0 saturated carbocycles. The molecule has 0 spiro atoms. The number of hydrogen-bond acceptors (Lipinski definition) is 5. The van der Waals surface area contributed by atoms with Gasteiger partial charge in [-0.05, 0) is 61.5 Å². The van der Waals surface area contributed by atoms with Gasteiger partial charge in [0.15, 0.2) is 5.17 Å². The second-order valence-electron chi connectivity index (χ2n) is 8.86. The summed E-state index contributed by atoms with van der Waals surface area (Å²) >= 11 is 1.33. The topological polar surface area (TPSA) is 63.9 Å². The van der Waals surface area contributed by atoms with Crippen molar-refractivity contribution in [1.29, 1.82) is 0 Å². The van der Waals surface area contributed by atoms with Gasteiger partial charge in [-0.2, -0.15) is 0 Å². The first-order valence-corrected chi connectivity index (χ1v) is 12.9. The van der Waals surface area contributed by atoms with E-state index in [-0.39, 0.29) is 5.91 Å². The van der Waals surface area contributed by atoms with Crippen molar-refractivity contribution in [2.24, 2.45) is 4.99 Å². The molecule has 0 bridgehead atoms. The Morgan fingerprint density at radius 1 is 1.05 bits per heavy atom. The van der Waals surface area contributed by atoms with E-state index in [0.29, 0.717) is 27.9 Å². The SMILES string of the molecule is CCOC(=O)c1cccc(N=C2SC(=Cc3cn(Cc4cccc(C)c4)c4ccccc34)C(=O)N2C)c1. The van der Waals surface area contributed by atoms with E-state index in [1.807, 2.05) is 18.2 Å². The molecular weight excluding hydrogens is 482 g/mol. The third-order valence-electron chi connectivity index (χ3n) is 6.13. The molecule has 3 aromatic carbocycles. The normalized spacial score (nSPS) is 15.8. The summed E-state index contributed by atoms with van der Waals surface area (Å²) in [5.41, 5.74) is 5.57. The molecule has 1 aliphatic rings. The summed E-state index contributed by atoms with van der Waals surface area (Å²) in [6.45, 7) is 4.92. The molecule has 0 atom stereocenters. The van der Waals surface area contributed by atoms with Crippen LogP contribution in [0.1, 0.15) is 34.0 Å². The second-order valence-corrected chi connectivity index (χ2v) is 9.87. The highest BCUT2D eigenvalue weighted by atomic mass is 32.2. The number of carbonyl (C=O) groups is 2. The minimum Gasteiger partial charge on any atom is -0.462 e. The number of hydrogen-bond donors (Lipinski definition) is 0. The third-order valence-corrected chi connectivity index (χ3v) is 7.19. The van der Waals surface area contributed by atoms with Crippen molar-refractivity contribution < 1.29 is 14.3 Å². The van der Waals surface area contributed by atoms with Crippen LogP contribution in [0.4, 0.5) is 5.69 Å². The fourth-order valence-electron chi connectivity index (χ4n) is 4.35. The predicted octanol–water partition coefficient (Wildman–Crippen LogP) is 6.41. The summed E-state index contributed by atoms with van der Waals surface area (Å²) in [6, 6.07) is 23.6. The van der Waals surface area contributed by atoms with Crippen LogP contribution in [0.3, 0.4) is 0 Å². The molecule has 6 nitrogen and oxygen atoms in total. The van der Waals surface area contributed by atoms with Crippen molar-refractivity contribution in [2.45, 2.75) is 20.4 Å². The van der Waals surface area contributed by atoms with Gasteiger partial charge in [0.2, 0.25) is 0 Å². The van der Waals surface area contributed by atoms with E-state index in [4.69, 9.17) is 4.74 Å². The summed E-state index contributed by atoms with van der Waals surface area (Å²) in [5, 5.41) is 1.65. The average Bonchev–Trinajstić information content (AvgIpc) is 3.36. The van der Waals surface area contributed by atoms with E-state index in [2.05, 4.69) is 59.1 Å². The van der Waals surface area contributed by atoms with E-state index in [0.717, 1.165) is 23.0 Å². The Morgan fingerprint density at radius 3 is 2.68 bits per heavy atom. The van der Waals surface area contributed by atoms with Gasteiger partial charge in [-0.3, -0.25) is 9.69 Å². The second kappa shape index (κ2) is 10.5. The number of thioether (sulfide) groups is 1. The van der Waals surface area contributed by atoms with E-state index in [1.54, 1.807) is 43.1 Å². The van der Waals surface area contributed by atoms with Crippen LogP contribution in [0.15, 0.2) is 88.9 Å². The maximum absolute atomic E-state index is 13.1. The van der Waals surface area contributed by atoms with Crippen LogP contribution in [-0.4, -0.2) is 40.2 Å². The van der Waals surface area contributed by atoms with Crippen molar-refractivity contribution in [3.05, 3.63) is 106 Å². The molecule has 1 aliphatic heterocycles. The highest BCUT2D eigenvalue weighted by molar-refractivity contribution is 8.18. The number of likely N-dealkylation sites (N-methyl/N-ethyl adjacent to an activating group) is 1. The lowest BCUT2D eigenvalue weighted by molar-refractivity contribution is -0.121. The first kappa shape index (κ1) is 24.6. The quantitative estimate of drug-likeness (QED) is 0.223. The average molecular weight is 510 g/mol. The van der Waals surface area contributed by atoms with Gasteiger partial charge in [-0.25, -0.2) is 9.79 Å². The minimum atomic E-state index is -0.393. The van der Waals surface area contributed by atoms with Crippen molar-refractivity contribution in [3.8, 4) is 0 Å². The van der Waals surface area contributed by atoms with Gasteiger partial charge in [0.25, 0.3) is 5.91 Å². The lowest BCUT2D eigenvalue weighted by Gasteiger charge is -2.07. The molecule has 0 N–H and O–H groups in total. The molecule has 0 unspecified atom stereocenters. The molecule has 0 aliphatic carbocycles. The van der Waals surface area contributed by atoms with Crippen LogP contribution in [0.2, 0.25) is 0 Å². The number of para-hydroxylation sites is 1. The van der Waals surface area contributed by atoms with Crippen LogP contribution in [0.25, 0.3) is 17.0 Å². The fourth-order valence-corrected chi connectivity index (χ4v) is 5.33. The zero-order valence-electron chi connectivity index (χ0n) is 21.0. The van der Waals surface area contributed by atoms with Crippen LogP contribution in [-0.2, 0) is 16.1 Å². The Labute approximate surface area is 220 Å². The van der Waals surface area contributed by atoms with Crippen molar-refractivity contribution in [2.75, 3.05) is 13.7 Å². The number of fused-ring (bicyclic) bond motifs is 1. The summed E-state index contributed by atoms with van der Waals surface area (Å²) in [5.74, 6) is -0.503. The molecule has 1 aromatic heterocycles. The molecule has 1 fully saturated rings. The molecule has 0 radical (unpaired) electrons. The Hall–Kier alpha value is -4.10. The first-order valence-electron chi connectivity index (χ1n) is 12.1. The third kappa shape index (κ3) is 5.22. The molecular formula is C30H27N3O3S. The molecule has 2 heterocycles. The number of aryl methyl sites for hydroxylation is 1. The van der Waals surface area contributed by atoms with Gasteiger partial charge in [-0.15, -0.1) is 0 Å². The Balaban J connectivity index is 1.46. The number of aromatic nitrogens is 1. The number of amides is 1. The van der Waals surface area contributed by atoms with E-state index in [9.17, 15) is 9.59 Å². The summed E-state index contributed by atoms with van der Waals surface area (Å²) in [7, 11) is 1.71. The lowest BCUT2D eigenvalue weighted by Crippen LogP contribution is -2.23. The molecule has 5 rings (SSSR count). The highest BCUT2D eigenvalue weighted by Crippen LogP contribution is 2.35. The van der Waals surface area contributed by atoms with E-state index >= 15 is 0 Å². The molecule has 1 amide bonds. The number of benzene rings is 3. The van der Waals surface area contributed by atoms with E-state index in [1.165, 1.54) is 22.9 Å². The largest absolute Gasteiger partial charge is 0.462 e. The zero-order valence-corrected chi connectivity index (χ0v) is 21.8. The van der Waals surface area contributed by atoms with Crippen molar-refractivity contribution in [3.63, 3.8) is 0 Å². The van der Waals surface area contributed by atoms with Gasteiger partial charge in [0.05, 0.1) is 22.8 Å². The Morgan fingerprint density at radius 2 is 1.86 bits per heavy atom. The molecule has 37 heavy (non-hydrogen) atoms. The monoisotopic (exact) mass is 509 g/mol. The standard InChI is InChI=1S/C30H27N3O3S/c1-4-36-29(35)22-11-8-12-24(16-22)31-30-32(3)28(34)27(37-30)17-23-19-33(26-14-6-5-13-25(23)26)18-21-10-7-9-20(2)15-21/h5-17,19H,4,18H2,1-3H3. The minimum absolute atomic E-state index is 0.110. The number of aliphatic imine (C=N–C) groups is 1. The van der Waals surface area contributed by atoms with Gasteiger partial charge < -0.3 is 9.30 Å². The number of rotatable bonds is 6. The fraction of sp³-hybridized carbons (Fsp3) is 0.167. The van der Waals surface area contributed by atoms with Crippen LogP contribution >= 0.6 is 11.8 Å². The van der Waals surface area contributed by atoms with Crippen LogP contribution < -0.4 is 0 Å². The van der Waals surface area contributed by atoms with E-state index < -0.39 is 5.97 Å². The summed E-state index contributed by atoms with van der Waals surface area (Å²) in [6.07, 6.45) is 4.04. The lowest BCUT2D eigenvalue weighted by atomic mass is 10.1. The Kier molecular flexibility index (Phi) is 6.97. The zero-order chi connectivity index (χ0) is 25.9.